The van der Waals surface area contributed by atoms with Gasteiger partial charge in [-0.1, -0.05) is 6.92 Å². The molecule has 0 bridgehead atoms. The normalized spacial score (nSPS) is 24.4. The molecule has 0 aliphatic carbocycles. The molecular formula is C13H21N3O2S2. The van der Waals surface area contributed by atoms with Crippen LogP contribution < -0.4 is 4.90 Å². The summed E-state index contributed by atoms with van der Waals surface area (Å²) in [5, 5.41) is 3.20. The molecule has 2 aliphatic heterocycles. The van der Waals surface area contributed by atoms with E-state index in [0.29, 0.717) is 12.3 Å². The fourth-order valence-electron chi connectivity index (χ4n) is 3.02. The van der Waals surface area contributed by atoms with Gasteiger partial charge in [-0.15, -0.1) is 11.3 Å². The van der Waals surface area contributed by atoms with Gasteiger partial charge < -0.3 is 4.90 Å². The van der Waals surface area contributed by atoms with Crippen molar-refractivity contribution in [2.45, 2.75) is 38.6 Å². The van der Waals surface area contributed by atoms with Crippen molar-refractivity contribution in [2.75, 3.05) is 30.3 Å². The summed E-state index contributed by atoms with van der Waals surface area (Å²) in [4.78, 5) is 6.91. The van der Waals surface area contributed by atoms with E-state index >= 15 is 0 Å². The number of hydrogen-bond acceptors (Lipinski definition) is 5. The zero-order valence-corrected chi connectivity index (χ0v) is 13.4. The minimum absolute atomic E-state index is 0.198. The van der Waals surface area contributed by atoms with E-state index in [4.69, 9.17) is 0 Å². The van der Waals surface area contributed by atoms with Crippen molar-refractivity contribution in [1.82, 2.24) is 9.29 Å². The maximum atomic E-state index is 12.0. The van der Waals surface area contributed by atoms with Crippen LogP contribution in [0.2, 0.25) is 0 Å². The second-order valence-electron chi connectivity index (χ2n) is 5.47. The van der Waals surface area contributed by atoms with Crippen molar-refractivity contribution in [3.8, 4) is 0 Å². The first-order chi connectivity index (χ1) is 9.60. The molecule has 0 radical (unpaired) electrons. The molecule has 0 amide bonds. The van der Waals surface area contributed by atoms with Gasteiger partial charge in [0.25, 0.3) is 0 Å². The highest BCUT2D eigenvalue weighted by Crippen LogP contribution is 2.28. The molecular weight excluding hydrogens is 294 g/mol. The SMILES string of the molecule is CCc1csc(N2CCC(N3CCCS3(=O)=O)CC2)n1. The molecule has 0 spiro atoms. The van der Waals surface area contributed by atoms with E-state index in [1.54, 1.807) is 15.6 Å². The van der Waals surface area contributed by atoms with E-state index in [-0.39, 0.29) is 6.04 Å². The van der Waals surface area contributed by atoms with Crippen molar-refractivity contribution in [1.29, 1.82) is 0 Å². The Bertz CT molecular complexity index is 562. The summed E-state index contributed by atoms with van der Waals surface area (Å²) in [6.07, 6.45) is 3.59. The lowest BCUT2D eigenvalue weighted by Gasteiger charge is -2.35. The molecule has 2 aliphatic rings. The van der Waals surface area contributed by atoms with Crippen LogP contribution >= 0.6 is 11.3 Å². The standard InChI is InChI=1S/C13H21N3O2S2/c1-2-11-10-19-13(14-11)15-7-4-12(5-8-15)16-6-3-9-20(16,17)18/h10,12H,2-9H2,1H3. The smallest absolute Gasteiger partial charge is 0.214 e. The highest BCUT2D eigenvalue weighted by Gasteiger charge is 2.36. The zero-order chi connectivity index (χ0) is 14.2. The maximum Gasteiger partial charge on any atom is 0.214 e. The molecule has 3 heterocycles. The molecule has 7 heteroatoms. The first kappa shape index (κ1) is 14.3. The fraction of sp³-hybridized carbons (Fsp3) is 0.769. The van der Waals surface area contributed by atoms with Crippen LogP contribution in [0.15, 0.2) is 5.38 Å². The van der Waals surface area contributed by atoms with E-state index in [2.05, 4.69) is 22.2 Å². The van der Waals surface area contributed by atoms with Crippen LogP contribution in [0, 0.1) is 0 Å². The quantitative estimate of drug-likeness (QED) is 0.852. The number of anilines is 1. The molecule has 2 saturated heterocycles. The minimum Gasteiger partial charge on any atom is -0.348 e. The average Bonchev–Trinajstić information content (AvgIpc) is 3.05. The molecule has 112 valence electrons. The molecule has 0 atom stereocenters. The number of rotatable bonds is 3. The van der Waals surface area contributed by atoms with Crippen molar-refractivity contribution in [2.24, 2.45) is 0 Å². The van der Waals surface area contributed by atoms with E-state index in [1.807, 2.05) is 0 Å². The highest BCUT2D eigenvalue weighted by atomic mass is 32.2. The Morgan fingerprint density at radius 3 is 2.65 bits per heavy atom. The lowest BCUT2D eigenvalue weighted by molar-refractivity contribution is 0.291. The van der Waals surface area contributed by atoms with Crippen LogP contribution in [0.4, 0.5) is 5.13 Å². The second kappa shape index (κ2) is 5.61. The van der Waals surface area contributed by atoms with Crippen molar-refractivity contribution in [3.05, 3.63) is 11.1 Å². The Labute approximate surface area is 124 Å². The number of thiazole rings is 1. The van der Waals surface area contributed by atoms with E-state index in [9.17, 15) is 8.42 Å². The molecule has 3 rings (SSSR count). The van der Waals surface area contributed by atoms with Gasteiger partial charge in [0.1, 0.15) is 0 Å². The van der Waals surface area contributed by atoms with Crippen LogP contribution in [0.3, 0.4) is 0 Å². The number of hydrogen-bond donors (Lipinski definition) is 0. The first-order valence-corrected chi connectivity index (χ1v) is 9.78. The van der Waals surface area contributed by atoms with Gasteiger partial charge in [-0.3, -0.25) is 0 Å². The van der Waals surface area contributed by atoms with Crippen LogP contribution in [-0.4, -0.2) is 49.1 Å². The molecule has 5 nitrogen and oxygen atoms in total. The number of aromatic nitrogens is 1. The Balaban J connectivity index is 1.62. The van der Waals surface area contributed by atoms with Gasteiger partial charge in [-0.05, 0) is 25.7 Å². The number of sulfonamides is 1. The molecule has 0 aromatic carbocycles. The Kier molecular flexibility index (Phi) is 4.01. The Morgan fingerprint density at radius 2 is 2.10 bits per heavy atom. The van der Waals surface area contributed by atoms with Gasteiger partial charge >= 0.3 is 0 Å². The lowest BCUT2D eigenvalue weighted by Crippen LogP contribution is -2.45. The predicted octanol–water partition coefficient (Wildman–Crippen LogP) is 1.71. The number of nitrogens with zero attached hydrogens (tertiary/aromatic N) is 3. The maximum absolute atomic E-state index is 12.0. The zero-order valence-electron chi connectivity index (χ0n) is 11.8. The van der Waals surface area contributed by atoms with Gasteiger partial charge in [0.15, 0.2) is 5.13 Å². The number of piperidine rings is 1. The van der Waals surface area contributed by atoms with Crippen LogP contribution in [0.1, 0.15) is 31.9 Å². The molecule has 0 unspecified atom stereocenters. The predicted molar refractivity (Wildman–Crippen MR) is 81.8 cm³/mol. The van der Waals surface area contributed by atoms with Gasteiger partial charge in [0.2, 0.25) is 10.0 Å². The molecule has 1 aromatic rings. The third kappa shape index (κ3) is 2.71. The first-order valence-electron chi connectivity index (χ1n) is 7.29. The van der Waals surface area contributed by atoms with Gasteiger partial charge in [0, 0.05) is 31.1 Å². The summed E-state index contributed by atoms with van der Waals surface area (Å²) in [5.41, 5.74) is 1.15. The average molecular weight is 315 g/mol. The summed E-state index contributed by atoms with van der Waals surface area (Å²) < 4.78 is 25.7. The van der Waals surface area contributed by atoms with Gasteiger partial charge in [-0.2, -0.15) is 4.31 Å². The molecule has 1 aromatic heterocycles. The molecule has 0 saturated carbocycles. The minimum atomic E-state index is -2.97. The topological polar surface area (TPSA) is 53.5 Å². The third-order valence-corrected chi connectivity index (χ3v) is 7.13. The number of aryl methyl sites for hydroxylation is 1. The monoisotopic (exact) mass is 315 g/mol. The summed E-state index contributed by atoms with van der Waals surface area (Å²) in [6.45, 7) is 4.65. The molecule has 2 fully saturated rings. The molecule has 20 heavy (non-hydrogen) atoms. The van der Waals surface area contributed by atoms with Crippen molar-refractivity contribution in [3.63, 3.8) is 0 Å². The second-order valence-corrected chi connectivity index (χ2v) is 8.35. The fourth-order valence-corrected chi connectivity index (χ4v) is 5.78. The van der Waals surface area contributed by atoms with Crippen LogP contribution in [-0.2, 0) is 16.4 Å². The Morgan fingerprint density at radius 1 is 1.35 bits per heavy atom. The highest BCUT2D eigenvalue weighted by molar-refractivity contribution is 7.89. The van der Waals surface area contributed by atoms with Crippen LogP contribution in [0.5, 0.6) is 0 Å². The largest absolute Gasteiger partial charge is 0.348 e. The van der Waals surface area contributed by atoms with E-state index in [1.165, 1.54) is 0 Å². The molecule has 0 N–H and O–H groups in total. The van der Waals surface area contributed by atoms with Crippen LogP contribution in [0.25, 0.3) is 0 Å². The van der Waals surface area contributed by atoms with Gasteiger partial charge in [0.05, 0.1) is 11.4 Å². The summed E-state index contributed by atoms with van der Waals surface area (Å²) in [6, 6.07) is 0.198. The summed E-state index contributed by atoms with van der Waals surface area (Å²) in [7, 11) is -2.97. The summed E-state index contributed by atoms with van der Waals surface area (Å²) >= 11 is 1.70. The van der Waals surface area contributed by atoms with E-state index in [0.717, 1.165) is 49.6 Å². The van der Waals surface area contributed by atoms with Gasteiger partial charge in [-0.25, -0.2) is 13.4 Å². The Hall–Kier alpha value is -0.660. The third-order valence-electron chi connectivity index (χ3n) is 4.18. The van der Waals surface area contributed by atoms with Crippen molar-refractivity contribution < 1.29 is 8.42 Å². The lowest BCUT2D eigenvalue weighted by atomic mass is 10.1. The summed E-state index contributed by atoms with van der Waals surface area (Å²) in [5.74, 6) is 0.333. The van der Waals surface area contributed by atoms with Crippen molar-refractivity contribution >= 4 is 26.5 Å². The van der Waals surface area contributed by atoms with E-state index < -0.39 is 10.0 Å².